The average Bonchev–Trinajstić information content (AvgIpc) is 2.72. The molecule has 1 aromatic rings. The molecule has 1 rings (SSSR count). The van der Waals surface area contributed by atoms with Gasteiger partial charge in [-0.2, -0.15) is 0 Å². The topological polar surface area (TPSA) is 69.6 Å². The molecule has 0 aliphatic carbocycles. The fraction of sp³-hybridized carbons (Fsp3) is 0.417. The molecule has 0 fully saturated rings. The van der Waals surface area contributed by atoms with Crippen molar-refractivity contribution < 1.29 is 15.0 Å². The molecule has 1 amide bonds. The Bertz CT molecular complexity index is 408. The van der Waals surface area contributed by atoms with Gasteiger partial charge >= 0.3 is 0 Å². The number of nitrogens with one attached hydrogen (secondary N) is 1. The molecule has 0 saturated carbocycles. The summed E-state index contributed by atoms with van der Waals surface area (Å²) in [6.07, 6.45) is 3.11. The van der Waals surface area contributed by atoms with E-state index < -0.39 is 5.54 Å². The summed E-state index contributed by atoms with van der Waals surface area (Å²) in [5.74, 6) is -0.332. The lowest BCUT2D eigenvalue weighted by Gasteiger charge is -2.25. The number of carbonyl (C=O) groups excluding carboxylic acids is 1. The largest absolute Gasteiger partial charge is 0.394 e. The van der Waals surface area contributed by atoms with Crippen LogP contribution < -0.4 is 5.32 Å². The van der Waals surface area contributed by atoms with E-state index >= 15 is 0 Å². The monoisotopic (exact) mass is 255 g/mol. The minimum Gasteiger partial charge on any atom is -0.394 e. The van der Waals surface area contributed by atoms with E-state index in [1.54, 1.807) is 24.3 Å². The molecular weight excluding hydrogens is 238 g/mol. The number of thiophene rings is 1. The van der Waals surface area contributed by atoms with E-state index in [2.05, 4.69) is 5.32 Å². The first-order valence-corrected chi connectivity index (χ1v) is 6.09. The zero-order valence-corrected chi connectivity index (χ0v) is 10.8. The van der Waals surface area contributed by atoms with E-state index in [0.717, 1.165) is 4.88 Å². The quantitative estimate of drug-likeness (QED) is 0.686. The molecule has 0 aliphatic rings. The Kier molecular flexibility index (Phi) is 4.86. The normalized spacial score (nSPS) is 12.0. The average molecular weight is 255 g/mol. The first-order chi connectivity index (χ1) is 7.99. The summed E-state index contributed by atoms with van der Waals surface area (Å²) in [6.45, 7) is 2.97. The van der Waals surface area contributed by atoms with Crippen molar-refractivity contribution in [1.82, 2.24) is 5.32 Å². The molecule has 0 radical (unpaired) electrons. The lowest BCUT2D eigenvalue weighted by atomic mass is 10.1. The predicted octanol–water partition coefficient (Wildman–Crippen LogP) is 0.929. The van der Waals surface area contributed by atoms with E-state index in [9.17, 15) is 4.79 Å². The summed E-state index contributed by atoms with van der Waals surface area (Å²) >= 11 is 1.59. The van der Waals surface area contributed by atoms with E-state index in [1.165, 1.54) is 11.0 Å². The zero-order chi connectivity index (χ0) is 12.9. The fourth-order valence-corrected chi connectivity index (χ4v) is 1.95. The Morgan fingerprint density at radius 3 is 2.59 bits per heavy atom. The van der Waals surface area contributed by atoms with E-state index in [-0.39, 0.29) is 19.1 Å². The number of carbonyl (C=O) groups is 1. The first-order valence-electron chi connectivity index (χ1n) is 5.27. The molecule has 0 spiro atoms. The molecule has 0 aromatic carbocycles. The summed E-state index contributed by atoms with van der Waals surface area (Å²) in [5.41, 5.74) is -0.979. The minimum atomic E-state index is -0.979. The van der Waals surface area contributed by atoms with Crippen molar-refractivity contribution in [2.45, 2.75) is 19.4 Å². The first kappa shape index (κ1) is 13.9. The van der Waals surface area contributed by atoms with Crippen molar-refractivity contribution in [3.63, 3.8) is 0 Å². The highest BCUT2D eigenvalue weighted by atomic mass is 32.1. The van der Waals surface area contributed by atoms with Gasteiger partial charge in [-0.15, -0.1) is 11.3 Å². The highest BCUT2D eigenvalue weighted by Crippen LogP contribution is 2.16. The molecule has 0 atom stereocenters. The summed E-state index contributed by atoms with van der Waals surface area (Å²) in [5, 5.41) is 20.6. The van der Waals surface area contributed by atoms with Crippen LogP contribution in [0.5, 0.6) is 0 Å². The van der Waals surface area contributed by atoms with Crippen molar-refractivity contribution in [2.75, 3.05) is 13.2 Å². The Hall–Kier alpha value is -1.17. The lowest BCUT2D eigenvalue weighted by molar-refractivity contribution is -0.119. The van der Waals surface area contributed by atoms with Gasteiger partial charge in [0.15, 0.2) is 0 Å². The van der Waals surface area contributed by atoms with Crippen molar-refractivity contribution in [3.8, 4) is 0 Å². The van der Waals surface area contributed by atoms with E-state index in [1.807, 2.05) is 19.1 Å². The van der Waals surface area contributed by atoms with Crippen LogP contribution in [0, 0.1) is 6.92 Å². The maximum absolute atomic E-state index is 11.5. The van der Waals surface area contributed by atoms with Gasteiger partial charge in [0.05, 0.1) is 18.8 Å². The van der Waals surface area contributed by atoms with Crippen LogP contribution in [0.25, 0.3) is 6.08 Å². The number of amides is 1. The van der Waals surface area contributed by atoms with Crippen LogP contribution in [0.3, 0.4) is 0 Å². The maximum atomic E-state index is 11.5. The molecule has 94 valence electrons. The van der Waals surface area contributed by atoms with Gasteiger partial charge in [0.25, 0.3) is 0 Å². The third kappa shape index (κ3) is 4.30. The van der Waals surface area contributed by atoms with Gasteiger partial charge in [-0.1, -0.05) is 0 Å². The lowest BCUT2D eigenvalue weighted by Crippen LogP contribution is -2.51. The summed E-state index contributed by atoms with van der Waals surface area (Å²) in [4.78, 5) is 13.7. The van der Waals surface area contributed by atoms with Gasteiger partial charge < -0.3 is 15.5 Å². The molecule has 3 N–H and O–H groups in total. The van der Waals surface area contributed by atoms with Crippen LogP contribution in [0.1, 0.15) is 16.7 Å². The highest BCUT2D eigenvalue weighted by Gasteiger charge is 2.23. The second-order valence-corrected chi connectivity index (χ2v) is 5.47. The summed E-state index contributed by atoms with van der Waals surface area (Å²) in [7, 11) is 0. The third-order valence-corrected chi connectivity index (χ3v) is 3.25. The number of aryl methyl sites for hydroxylation is 1. The minimum absolute atomic E-state index is 0.304. The Morgan fingerprint density at radius 1 is 1.47 bits per heavy atom. The van der Waals surface area contributed by atoms with Crippen LogP contribution in [-0.2, 0) is 4.79 Å². The molecular formula is C12H17NO3S. The van der Waals surface area contributed by atoms with Crippen molar-refractivity contribution in [2.24, 2.45) is 0 Å². The SMILES string of the molecule is Cc1ccc(/C=C/C(=O)NC(C)(CO)CO)s1. The molecule has 0 unspecified atom stereocenters. The third-order valence-electron chi connectivity index (χ3n) is 2.28. The van der Waals surface area contributed by atoms with E-state index in [0.29, 0.717) is 0 Å². The Labute approximate surface area is 105 Å². The van der Waals surface area contributed by atoms with Crippen molar-refractivity contribution >= 4 is 23.3 Å². The maximum Gasteiger partial charge on any atom is 0.244 e. The number of hydrogen-bond acceptors (Lipinski definition) is 4. The van der Waals surface area contributed by atoms with Crippen LogP contribution in [-0.4, -0.2) is 34.9 Å². The Balaban J connectivity index is 2.58. The predicted molar refractivity (Wildman–Crippen MR) is 68.8 cm³/mol. The van der Waals surface area contributed by atoms with Gasteiger partial charge in [0, 0.05) is 15.8 Å². The second-order valence-electron chi connectivity index (χ2n) is 4.15. The fourth-order valence-electron chi connectivity index (χ4n) is 1.17. The molecule has 1 heterocycles. The van der Waals surface area contributed by atoms with E-state index in [4.69, 9.17) is 10.2 Å². The molecule has 17 heavy (non-hydrogen) atoms. The summed E-state index contributed by atoms with van der Waals surface area (Å²) < 4.78 is 0. The smallest absolute Gasteiger partial charge is 0.244 e. The molecule has 1 aromatic heterocycles. The van der Waals surface area contributed by atoms with Gasteiger partial charge in [0.2, 0.25) is 5.91 Å². The van der Waals surface area contributed by atoms with Gasteiger partial charge in [-0.25, -0.2) is 0 Å². The molecule has 0 bridgehead atoms. The van der Waals surface area contributed by atoms with Crippen molar-refractivity contribution in [1.29, 1.82) is 0 Å². The number of aliphatic hydroxyl groups is 2. The number of aliphatic hydroxyl groups excluding tert-OH is 2. The molecule has 0 aliphatic heterocycles. The molecule has 4 nitrogen and oxygen atoms in total. The van der Waals surface area contributed by atoms with Crippen LogP contribution in [0.2, 0.25) is 0 Å². The number of rotatable bonds is 5. The van der Waals surface area contributed by atoms with Crippen molar-refractivity contribution in [3.05, 3.63) is 28.0 Å². The molecule has 5 heteroatoms. The zero-order valence-electron chi connectivity index (χ0n) is 9.93. The molecule has 0 saturated heterocycles. The van der Waals surface area contributed by atoms with Crippen LogP contribution in [0.15, 0.2) is 18.2 Å². The highest BCUT2D eigenvalue weighted by molar-refractivity contribution is 7.12. The number of hydrogen-bond donors (Lipinski definition) is 3. The van der Waals surface area contributed by atoms with Gasteiger partial charge in [-0.05, 0) is 32.1 Å². The second kappa shape index (κ2) is 5.95. The van der Waals surface area contributed by atoms with Crippen LogP contribution in [0.4, 0.5) is 0 Å². The van der Waals surface area contributed by atoms with Gasteiger partial charge in [-0.3, -0.25) is 4.79 Å². The van der Waals surface area contributed by atoms with Gasteiger partial charge in [0.1, 0.15) is 0 Å². The van der Waals surface area contributed by atoms with Crippen LogP contribution >= 0.6 is 11.3 Å². The summed E-state index contributed by atoms with van der Waals surface area (Å²) in [6, 6.07) is 3.91. The standard InChI is InChI=1S/C12H17NO3S/c1-9-3-4-10(17-9)5-6-11(16)13-12(2,7-14)8-15/h3-6,14-15H,7-8H2,1-2H3,(H,13,16)/b6-5+. The Morgan fingerprint density at radius 2 is 2.12 bits per heavy atom.